The first-order valence-corrected chi connectivity index (χ1v) is 9.29. The van der Waals surface area contributed by atoms with Crippen molar-refractivity contribution in [1.82, 2.24) is 10.6 Å². The molecular formula is C19H32N2O7. The number of ether oxygens (including phenoxy) is 2. The number of amides is 2. The van der Waals surface area contributed by atoms with Gasteiger partial charge in [0, 0.05) is 25.7 Å². The van der Waals surface area contributed by atoms with Crippen LogP contribution in [0, 0.1) is 11.8 Å². The van der Waals surface area contributed by atoms with Gasteiger partial charge in [0.15, 0.2) is 0 Å². The van der Waals surface area contributed by atoms with E-state index in [1.807, 2.05) is 0 Å². The van der Waals surface area contributed by atoms with Crippen molar-refractivity contribution in [2.75, 3.05) is 14.2 Å². The van der Waals surface area contributed by atoms with Crippen molar-refractivity contribution >= 4 is 29.5 Å². The molecule has 0 heterocycles. The summed E-state index contributed by atoms with van der Waals surface area (Å²) in [6.45, 7) is 7.07. The summed E-state index contributed by atoms with van der Waals surface area (Å²) in [5.74, 6) is -2.53. The summed E-state index contributed by atoms with van der Waals surface area (Å²) < 4.78 is 9.28. The fourth-order valence-corrected chi connectivity index (χ4v) is 2.37. The highest BCUT2D eigenvalue weighted by atomic mass is 16.5. The predicted octanol–water partition coefficient (Wildman–Crippen LogP) is 0.744. The molecule has 0 saturated heterocycles. The van der Waals surface area contributed by atoms with Crippen LogP contribution < -0.4 is 10.6 Å². The summed E-state index contributed by atoms with van der Waals surface area (Å²) in [5.41, 5.74) is 0. The average Bonchev–Trinajstić information content (AvgIpc) is 2.65. The van der Waals surface area contributed by atoms with Crippen molar-refractivity contribution in [2.45, 2.75) is 65.5 Å². The third-order valence-electron chi connectivity index (χ3n) is 4.14. The maximum absolute atomic E-state index is 11.9. The van der Waals surface area contributed by atoms with Crippen LogP contribution in [0.15, 0.2) is 0 Å². The zero-order valence-corrected chi connectivity index (χ0v) is 17.5. The second-order valence-electron chi connectivity index (χ2n) is 7.16. The first-order valence-electron chi connectivity index (χ1n) is 9.29. The van der Waals surface area contributed by atoms with Gasteiger partial charge in [0.2, 0.25) is 11.8 Å². The van der Waals surface area contributed by atoms with Crippen LogP contribution in [0.3, 0.4) is 0 Å². The van der Waals surface area contributed by atoms with Gasteiger partial charge in [0.25, 0.3) is 0 Å². The summed E-state index contributed by atoms with van der Waals surface area (Å²) in [7, 11) is 2.48. The molecule has 28 heavy (non-hydrogen) atoms. The molecule has 0 aromatic rings. The minimum absolute atomic E-state index is 0.0459. The molecule has 0 radical (unpaired) electrons. The zero-order chi connectivity index (χ0) is 21.9. The van der Waals surface area contributed by atoms with E-state index in [4.69, 9.17) is 0 Å². The van der Waals surface area contributed by atoms with Gasteiger partial charge in [-0.3, -0.25) is 14.4 Å². The van der Waals surface area contributed by atoms with Gasteiger partial charge >= 0.3 is 11.9 Å². The number of esters is 2. The number of hydrogen-bond acceptors (Lipinski definition) is 7. The number of carbonyl (C=O) groups excluding carboxylic acids is 5. The molecule has 2 amide bonds. The topological polar surface area (TPSA) is 128 Å². The van der Waals surface area contributed by atoms with Gasteiger partial charge in [-0.1, -0.05) is 27.7 Å². The molecule has 0 aliphatic heterocycles. The number of hydrogen-bond donors (Lipinski definition) is 2. The van der Waals surface area contributed by atoms with Crippen LogP contribution in [0.4, 0.5) is 0 Å². The Balaban J connectivity index is 4.38. The molecule has 0 saturated carbocycles. The highest BCUT2D eigenvalue weighted by Crippen LogP contribution is 2.07. The standard InChI is InChI=1S/C19H32N2O7/c1-11(2)16(18(25)27-5)20-14(23)9-7-13(22)8-10-15(24)21-17(12(3)4)19(26)28-6/h11-12,16-17H,7-10H2,1-6H3,(H,20,23)(H,21,24)/t16-,17-/m0/s1. The lowest BCUT2D eigenvalue weighted by Crippen LogP contribution is -2.45. The fourth-order valence-electron chi connectivity index (χ4n) is 2.37. The Hall–Kier alpha value is -2.45. The van der Waals surface area contributed by atoms with Crippen molar-refractivity contribution in [1.29, 1.82) is 0 Å². The van der Waals surface area contributed by atoms with E-state index in [0.29, 0.717) is 0 Å². The summed E-state index contributed by atoms with van der Waals surface area (Å²) >= 11 is 0. The van der Waals surface area contributed by atoms with Gasteiger partial charge in [-0.15, -0.1) is 0 Å². The molecule has 0 fully saturated rings. The first-order chi connectivity index (χ1) is 13.0. The second kappa shape index (κ2) is 12.9. The van der Waals surface area contributed by atoms with Gasteiger partial charge in [0.1, 0.15) is 17.9 Å². The van der Waals surface area contributed by atoms with E-state index < -0.39 is 35.8 Å². The van der Waals surface area contributed by atoms with Crippen LogP contribution in [0.2, 0.25) is 0 Å². The summed E-state index contributed by atoms with van der Waals surface area (Å²) in [5, 5.41) is 5.10. The van der Waals surface area contributed by atoms with E-state index >= 15 is 0 Å². The maximum Gasteiger partial charge on any atom is 0.328 e. The van der Waals surface area contributed by atoms with E-state index in [9.17, 15) is 24.0 Å². The van der Waals surface area contributed by atoms with E-state index in [2.05, 4.69) is 20.1 Å². The van der Waals surface area contributed by atoms with E-state index in [0.717, 1.165) is 0 Å². The minimum Gasteiger partial charge on any atom is -0.467 e. The Morgan fingerprint density at radius 2 is 0.964 bits per heavy atom. The van der Waals surface area contributed by atoms with Gasteiger partial charge in [0.05, 0.1) is 14.2 Å². The van der Waals surface area contributed by atoms with Crippen LogP contribution in [-0.4, -0.2) is 55.8 Å². The molecule has 0 aliphatic carbocycles. The monoisotopic (exact) mass is 400 g/mol. The Labute approximate surface area is 165 Å². The second-order valence-corrected chi connectivity index (χ2v) is 7.16. The number of carbonyl (C=O) groups is 5. The molecule has 9 heteroatoms. The van der Waals surface area contributed by atoms with E-state index in [1.54, 1.807) is 27.7 Å². The van der Waals surface area contributed by atoms with Crippen LogP contribution in [0.5, 0.6) is 0 Å². The number of ketones is 1. The largest absolute Gasteiger partial charge is 0.467 e. The third kappa shape index (κ3) is 9.48. The lowest BCUT2D eigenvalue weighted by Gasteiger charge is -2.20. The van der Waals surface area contributed by atoms with E-state index in [-0.39, 0.29) is 43.3 Å². The highest BCUT2D eigenvalue weighted by molar-refractivity contribution is 5.90. The normalized spacial score (nSPS) is 12.9. The van der Waals surface area contributed by atoms with E-state index in [1.165, 1.54) is 14.2 Å². The number of methoxy groups -OCH3 is 2. The molecule has 0 rings (SSSR count). The van der Waals surface area contributed by atoms with Crippen LogP contribution in [-0.2, 0) is 33.4 Å². The lowest BCUT2D eigenvalue weighted by molar-refractivity contribution is -0.146. The Morgan fingerprint density at radius 3 is 1.21 bits per heavy atom. The van der Waals surface area contributed by atoms with Crippen LogP contribution >= 0.6 is 0 Å². The fraction of sp³-hybridized carbons (Fsp3) is 0.737. The third-order valence-corrected chi connectivity index (χ3v) is 4.14. The zero-order valence-electron chi connectivity index (χ0n) is 17.5. The van der Waals surface area contributed by atoms with Crippen molar-refractivity contribution in [3.05, 3.63) is 0 Å². The minimum atomic E-state index is -0.773. The molecule has 0 unspecified atom stereocenters. The predicted molar refractivity (Wildman–Crippen MR) is 101 cm³/mol. The van der Waals surface area contributed by atoms with Crippen LogP contribution in [0.25, 0.3) is 0 Å². The van der Waals surface area contributed by atoms with Gasteiger partial charge in [-0.05, 0) is 11.8 Å². The summed E-state index contributed by atoms with van der Waals surface area (Å²) in [6.07, 6.45) is -0.264. The van der Waals surface area contributed by atoms with Gasteiger partial charge in [-0.2, -0.15) is 0 Å². The average molecular weight is 400 g/mol. The van der Waals surface area contributed by atoms with Crippen molar-refractivity contribution in [3.63, 3.8) is 0 Å². The maximum atomic E-state index is 11.9. The lowest BCUT2D eigenvalue weighted by atomic mass is 10.0. The van der Waals surface area contributed by atoms with Crippen LogP contribution in [0.1, 0.15) is 53.4 Å². The first kappa shape index (κ1) is 25.6. The smallest absolute Gasteiger partial charge is 0.328 e. The number of Topliss-reactive ketones (excluding diaryl/α,β-unsaturated/α-hetero) is 1. The van der Waals surface area contributed by atoms with Gasteiger partial charge < -0.3 is 20.1 Å². The molecule has 0 aliphatic rings. The quantitative estimate of drug-likeness (QED) is 0.463. The SMILES string of the molecule is COC(=O)[C@@H](NC(=O)CCC(=O)CCC(=O)N[C@H](C(=O)OC)C(C)C)C(C)C. The molecule has 160 valence electrons. The number of rotatable bonds is 12. The summed E-state index contributed by atoms with van der Waals surface area (Å²) in [4.78, 5) is 59.1. The molecular weight excluding hydrogens is 368 g/mol. The van der Waals surface area contributed by atoms with Crippen molar-refractivity contribution < 1.29 is 33.4 Å². The van der Waals surface area contributed by atoms with Crippen molar-refractivity contribution in [3.8, 4) is 0 Å². The molecule has 0 bridgehead atoms. The highest BCUT2D eigenvalue weighted by Gasteiger charge is 2.26. The Bertz CT molecular complexity index is 525. The molecule has 2 atom stereocenters. The Kier molecular flexibility index (Phi) is 11.7. The summed E-state index contributed by atoms with van der Waals surface area (Å²) in [6, 6.07) is -1.55. The number of nitrogens with one attached hydrogen (secondary N) is 2. The Morgan fingerprint density at radius 1 is 0.643 bits per heavy atom. The molecule has 0 aromatic heterocycles. The van der Waals surface area contributed by atoms with Gasteiger partial charge in [-0.25, -0.2) is 9.59 Å². The molecule has 0 aromatic carbocycles. The van der Waals surface area contributed by atoms with Crippen molar-refractivity contribution in [2.24, 2.45) is 11.8 Å². The molecule has 9 nitrogen and oxygen atoms in total. The molecule has 2 N–H and O–H groups in total. The molecule has 0 spiro atoms.